The van der Waals surface area contributed by atoms with Crippen LogP contribution in [0.15, 0.2) is 27.6 Å². The highest BCUT2D eigenvalue weighted by atomic mass is 79.9. The number of rotatable bonds is 4. The van der Waals surface area contributed by atoms with Gasteiger partial charge >= 0.3 is 0 Å². The summed E-state index contributed by atoms with van der Waals surface area (Å²) in [6.45, 7) is 3.13. The second kappa shape index (κ2) is 6.10. The number of benzene rings is 1. The van der Waals surface area contributed by atoms with Crippen LogP contribution in [0.25, 0.3) is 0 Å². The number of hydrogen-bond acceptors (Lipinski definition) is 3. The first-order valence-corrected chi connectivity index (χ1v) is 8.61. The number of hydrogen-bond donors (Lipinski definition) is 1. The molecule has 2 rings (SSSR count). The van der Waals surface area contributed by atoms with Crippen LogP contribution in [0, 0.1) is 5.92 Å². The van der Waals surface area contributed by atoms with Gasteiger partial charge < -0.3 is 4.74 Å². The lowest BCUT2D eigenvalue weighted by atomic mass is 10.0. The van der Waals surface area contributed by atoms with Gasteiger partial charge in [-0.15, -0.1) is 0 Å². The van der Waals surface area contributed by atoms with Crippen molar-refractivity contribution in [3.63, 3.8) is 0 Å². The van der Waals surface area contributed by atoms with E-state index in [1.54, 1.807) is 18.2 Å². The first kappa shape index (κ1) is 15.3. The Morgan fingerprint density at radius 2 is 2.26 bits per heavy atom. The average molecular weight is 369 g/mol. The molecule has 0 saturated carbocycles. The zero-order chi connectivity index (χ0) is 14.0. The molecule has 1 N–H and O–H groups in total. The molecule has 1 aliphatic rings. The minimum atomic E-state index is -3.64. The second-order valence-corrected chi connectivity index (χ2v) is 7.50. The molecule has 4 nitrogen and oxygen atoms in total. The van der Waals surface area contributed by atoms with Crippen molar-refractivity contribution < 1.29 is 13.2 Å². The maximum atomic E-state index is 12.4. The summed E-state index contributed by atoms with van der Waals surface area (Å²) in [4.78, 5) is 0.0856. The first-order valence-electron chi connectivity index (χ1n) is 5.96. The molecule has 0 bridgehead atoms. The van der Waals surface area contributed by atoms with Gasteiger partial charge in [0.15, 0.2) is 0 Å². The molecule has 106 valence electrons. The lowest BCUT2D eigenvalue weighted by molar-refractivity contribution is 0.180. The van der Waals surface area contributed by atoms with Crippen molar-refractivity contribution in [3.05, 3.63) is 27.7 Å². The average Bonchev–Trinajstić information content (AvgIpc) is 2.80. The maximum Gasteiger partial charge on any atom is 0.243 e. The van der Waals surface area contributed by atoms with Crippen molar-refractivity contribution in [2.75, 3.05) is 13.2 Å². The smallest absolute Gasteiger partial charge is 0.243 e. The third-order valence-electron chi connectivity index (χ3n) is 3.20. The number of sulfonamides is 1. The van der Waals surface area contributed by atoms with E-state index in [9.17, 15) is 8.42 Å². The number of nitrogens with one attached hydrogen (secondary N) is 1. The quantitative estimate of drug-likeness (QED) is 0.889. The van der Waals surface area contributed by atoms with E-state index in [1.165, 1.54) is 0 Å². The summed E-state index contributed by atoms with van der Waals surface area (Å²) in [7, 11) is -3.64. The van der Waals surface area contributed by atoms with Crippen molar-refractivity contribution in [1.82, 2.24) is 4.72 Å². The Hall–Kier alpha value is -0.140. The van der Waals surface area contributed by atoms with Crippen molar-refractivity contribution in [2.45, 2.75) is 24.3 Å². The van der Waals surface area contributed by atoms with Gasteiger partial charge in [0.25, 0.3) is 0 Å². The van der Waals surface area contributed by atoms with Gasteiger partial charge in [-0.05, 0) is 41.4 Å². The summed E-state index contributed by atoms with van der Waals surface area (Å²) in [5.41, 5.74) is 0. The van der Waals surface area contributed by atoms with Crippen LogP contribution in [0.3, 0.4) is 0 Å². The molecular weight excluding hydrogens is 354 g/mol. The Morgan fingerprint density at radius 3 is 2.84 bits per heavy atom. The highest BCUT2D eigenvalue weighted by Crippen LogP contribution is 2.30. The standard InChI is InChI=1S/C12H15BrClNO3S/c1-8(9-5-6-18-7-9)15-19(16,17)12-10(13)3-2-4-11(12)14/h2-4,8-9,15H,5-7H2,1H3. The molecular formula is C12H15BrClNO3S. The zero-order valence-corrected chi connectivity index (χ0v) is 13.6. The minimum absolute atomic E-state index is 0.0856. The lowest BCUT2D eigenvalue weighted by Gasteiger charge is -2.20. The topological polar surface area (TPSA) is 55.4 Å². The van der Waals surface area contributed by atoms with Gasteiger partial charge in [0.1, 0.15) is 4.90 Å². The third kappa shape index (κ3) is 3.49. The fourth-order valence-electron chi connectivity index (χ4n) is 2.09. The normalized spacial score (nSPS) is 21.5. The van der Waals surface area contributed by atoms with Crippen LogP contribution in [0.2, 0.25) is 5.02 Å². The number of halogens is 2. The number of ether oxygens (including phenoxy) is 1. The van der Waals surface area contributed by atoms with Crippen molar-refractivity contribution in [1.29, 1.82) is 0 Å². The summed E-state index contributed by atoms with van der Waals surface area (Å²) in [5.74, 6) is 0.205. The maximum absolute atomic E-state index is 12.4. The highest BCUT2D eigenvalue weighted by Gasteiger charge is 2.28. The molecule has 0 aromatic heterocycles. The Kier molecular flexibility index (Phi) is 4.89. The van der Waals surface area contributed by atoms with Gasteiger partial charge in [-0.2, -0.15) is 0 Å². The van der Waals surface area contributed by atoms with E-state index in [1.807, 2.05) is 6.92 Å². The fourth-order valence-corrected chi connectivity index (χ4v) is 5.13. The van der Waals surface area contributed by atoms with Gasteiger partial charge in [-0.1, -0.05) is 17.7 Å². The van der Waals surface area contributed by atoms with Gasteiger partial charge in [-0.25, -0.2) is 13.1 Å². The van der Waals surface area contributed by atoms with Crippen LogP contribution in [0.1, 0.15) is 13.3 Å². The van der Waals surface area contributed by atoms with Gasteiger partial charge in [0.2, 0.25) is 10.0 Å². The molecule has 1 aromatic carbocycles. The molecule has 2 atom stereocenters. The zero-order valence-electron chi connectivity index (χ0n) is 10.4. The summed E-state index contributed by atoms with van der Waals surface area (Å²) in [5, 5.41) is 0.205. The van der Waals surface area contributed by atoms with Gasteiger partial charge in [-0.3, -0.25) is 0 Å². The molecule has 0 amide bonds. The van der Waals surface area contributed by atoms with E-state index in [2.05, 4.69) is 20.7 Å². The van der Waals surface area contributed by atoms with E-state index < -0.39 is 10.0 Å². The van der Waals surface area contributed by atoms with E-state index in [0.717, 1.165) is 6.42 Å². The Labute approximate surface area is 126 Å². The van der Waals surface area contributed by atoms with E-state index in [-0.39, 0.29) is 21.9 Å². The van der Waals surface area contributed by atoms with Crippen LogP contribution < -0.4 is 4.72 Å². The van der Waals surface area contributed by atoms with Gasteiger partial charge in [0, 0.05) is 23.0 Å². The van der Waals surface area contributed by atoms with E-state index in [4.69, 9.17) is 16.3 Å². The van der Waals surface area contributed by atoms with Gasteiger partial charge in [0.05, 0.1) is 11.6 Å². The lowest BCUT2D eigenvalue weighted by Crippen LogP contribution is -2.38. The van der Waals surface area contributed by atoms with Crippen LogP contribution >= 0.6 is 27.5 Å². The molecule has 0 radical (unpaired) electrons. The molecule has 1 aromatic rings. The fraction of sp³-hybridized carbons (Fsp3) is 0.500. The molecule has 2 unspecified atom stereocenters. The minimum Gasteiger partial charge on any atom is -0.381 e. The second-order valence-electron chi connectivity index (χ2n) is 4.58. The molecule has 7 heteroatoms. The largest absolute Gasteiger partial charge is 0.381 e. The monoisotopic (exact) mass is 367 g/mol. The molecule has 1 heterocycles. The van der Waals surface area contributed by atoms with Crippen LogP contribution in [0.4, 0.5) is 0 Å². The predicted octanol–water partition coefficient (Wildman–Crippen LogP) is 2.81. The molecule has 0 aliphatic carbocycles. The molecule has 0 spiro atoms. The van der Waals surface area contributed by atoms with Crippen LogP contribution in [-0.4, -0.2) is 27.7 Å². The Bertz CT molecular complexity index is 538. The Morgan fingerprint density at radius 1 is 1.53 bits per heavy atom. The predicted molar refractivity (Wildman–Crippen MR) is 77.9 cm³/mol. The molecule has 1 saturated heterocycles. The first-order chi connectivity index (χ1) is 8.92. The van der Waals surface area contributed by atoms with E-state index >= 15 is 0 Å². The van der Waals surface area contributed by atoms with Crippen molar-refractivity contribution in [3.8, 4) is 0 Å². The van der Waals surface area contributed by atoms with Crippen LogP contribution in [-0.2, 0) is 14.8 Å². The Balaban J connectivity index is 2.22. The summed E-state index contributed by atoms with van der Waals surface area (Å²) < 4.78 is 33.2. The van der Waals surface area contributed by atoms with Crippen molar-refractivity contribution in [2.24, 2.45) is 5.92 Å². The van der Waals surface area contributed by atoms with Crippen LogP contribution in [0.5, 0.6) is 0 Å². The third-order valence-corrected chi connectivity index (χ3v) is 6.21. The molecule has 19 heavy (non-hydrogen) atoms. The summed E-state index contributed by atoms with van der Waals surface area (Å²) >= 11 is 9.21. The van der Waals surface area contributed by atoms with E-state index in [0.29, 0.717) is 17.7 Å². The highest BCUT2D eigenvalue weighted by molar-refractivity contribution is 9.10. The molecule has 1 aliphatic heterocycles. The van der Waals surface area contributed by atoms with Crippen molar-refractivity contribution >= 4 is 37.6 Å². The SMILES string of the molecule is CC(NS(=O)(=O)c1c(Cl)cccc1Br)C1CCOC1. The molecule has 1 fully saturated rings. The summed E-state index contributed by atoms with van der Waals surface area (Å²) in [6, 6.07) is 4.73. The summed E-state index contributed by atoms with van der Waals surface area (Å²) in [6.07, 6.45) is 0.868.